The topological polar surface area (TPSA) is 48.4 Å². The molecule has 18 heavy (non-hydrogen) atoms. The van der Waals surface area contributed by atoms with Crippen LogP contribution >= 0.6 is 15.9 Å². The van der Waals surface area contributed by atoms with Gasteiger partial charge in [-0.3, -0.25) is 4.98 Å². The summed E-state index contributed by atoms with van der Waals surface area (Å²) in [4.78, 5) is 15.9. The molecule has 0 radical (unpaired) electrons. The van der Waals surface area contributed by atoms with E-state index in [0.717, 1.165) is 4.47 Å². The molecule has 1 aromatic rings. The number of hydrogen-bond donors (Lipinski definition) is 0. The maximum Gasteiger partial charge on any atom is 0.349 e. The molecule has 0 bridgehead atoms. The SMILES string of the molecule is CC(C)COC(=O)C(C)(C)Oc1cncc(Br)c1. The van der Waals surface area contributed by atoms with Gasteiger partial charge in [0.15, 0.2) is 5.60 Å². The monoisotopic (exact) mass is 315 g/mol. The first-order valence-electron chi connectivity index (χ1n) is 5.78. The Morgan fingerprint density at radius 2 is 2.11 bits per heavy atom. The van der Waals surface area contributed by atoms with E-state index in [9.17, 15) is 4.79 Å². The van der Waals surface area contributed by atoms with E-state index in [0.29, 0.717) is 18.3 Å². The van der Waals surface area contributed by atoms with Gasteiger partial charge >= 0.3 is 5.97 Å². The van der Waals surface area contributed by atoms with Gasteiger partial charge in [0, 0.05) is 10.7 Å². The van der Waals surface area contributed by atoms with E-state index in [1.165, 1.54) is 0 Å². The van der Waals surface area contributed by atoms with Gasteiger partial charge < -0.3 is 9.47 Å². The molecule has 0 aliphatic rings. The molecule has 0 fully saturated rings. The Hall–Kier alpha value is -1.10. The number of carbonyl (C=O) groups excluding carboxylic acids is 1. The number of halogens is 1. The molecule has 0 saturated carbocycles. The Morgan fingerprint density at radius 3 is 2.67 bits per heavy atom. The van der Waals surface area contributed by atoms with Crippen molar-refractivity contribution in [1.29, 1.82) is 0 Å². The van der Waals surface area contributed by atoms with E-state index in [2.05, 4.69) is 20.9 Å². The highest BCUT2D eigenvalue weighted by molar-refractivity contribution is 9.10. The van der Waals surface area contributed by atoms with Gasteiger partial charge in [0.1, 0.15) is 5.75 Å². The third-order valence-corrected chi connectivity index (χ3v) is 2.53. The van der Waals surface area contributed by atoms with Crippen molar-refractivity contribution in [3.05, 3.63) is 22.9 Å². The smallest absolute Gasteiger partial charge is 0.349 e. The number of rotatable bonds is 5. The lowest BCUT2D eigenvalue weighted by molar-refractivity contribution is -0.160. The fourth-order valence-electron chi connectivity index (χ4n) is 1.20. The molecule has 0 atom stereocenters. The van der Waals surface area contributed by atoms with Crippen molar-refractivity contribution >= 4 is 21.9 Å². The lowest BCUT2D eigenvalue weighted by Crippen LogP contribution is -2.40. The summed E-state index contributed by atoms with van der Waals surface area (Å²) >= 11 is 3.30. The minimum Gasteiger partial charge on any atom is -0.475 e. The van der Waals surface area contributed by atoms with Crippen LogP contribution in [0.2, 0.25) is 0 Å². The van der Waals surface area contributed by atoms with Crippen LogP contribution in [-0.2, 0) is 9.53 Å². The number of hydrogen-bond acceptors (Lipinski definition) is 4. The molecule has 0 aromatic carbocycles. The standard InChI is InChI=1S/C13H18BrNO3/c1-9(2)8-17-12(16)13(3,4)18-11-5-10(14)6-15-7-11/h5-7,9H,8H2,1-4H3. The van der Waals surface area contributed by atoms with Crippen LogP contribution < -0.4 is 4.74 Å². The zero-order valence-corrected chi connectivity index (χ0v) is 12.7. The van der Waals surface area contributed by atoms with Gasteiger partial charge in [-0.15, -0.1) is 0 Å². The van der Waals surface area contributed by atoms with E-state index < -0.39 is 5.60 Å². The summed E-state index contributed by atoms with van der Waals surface area (Å²) in [7, 11) is 0. The second-order valence-electron chi connectivity index (χ2n) is 4.94. The predicted octanol–water partition coefficient (Wildman–Crippen LogP) is 3.20. The Kier molecular flexibility index (Phi) is 5.14. The van der Waals surface area contributed by atoms with Crippen LogP contribution in [0.25, 0.3) is 0 Å². The highest BCUT2D eigenvalue weighted by Crippen LogP contribution is 2.22. The van der Waals surface area contributed by atoms with Crippen molar-refractivity contribution in [3.8, 4) is 5.75 Å². The number of pyridine rings is 1. The fraction of sp³-hybridized carbons (Fsp3) is 0.538. The number of aromatic nitrogens is 1. The van der Waals surface area contributed by atoms with E-state index >= 15 is 0 Å². The summed E-state index contributed by atoms with van der Waals surface area (Å²) < 4.78 is 11.6. The highest BCUT2D eigenvalue weighted by Gasteiger charge is 2.32. The third-order valence-electron chi connectivity index (χ3n) is 2.09. The summed E-state index contributed by atoms with van der Waals surface area (Å²) in [5.74, 6) is 0.448. The molecule has 0 unspecified atom stereocenters. The Balaban J connectivity index is 2.66. The molecule has 5 heteroatoms. The van der Waals surface area contributed by atoms with Gasteiger partial charge in [0.2, 0.25) is 0 Å². The van der Waals surface area contributed by atoms with Gasteiger partial charge in [0.25, 0.3) is 0 Å². The second-order valence-corrected chi connectivity index (χ2v) is 5.86. The number of esters is 1. The molecule has 100 valence electrons. The molecule has 0 N–H and O–H groups in total. The van der Waals surface area contributed by atoms with Gasteiger partial charge in [-0.25, -0.2) is 4.79 Å². The van der Waals surface area contributed by atoms with Crippen LogP contribution in [0.1, 0.15) is 27.7 Å². The molecule has 1 rings (SSSR count). The molecule has 0 aliphatic heterocycles. The summed E-state index contributed by atoms with van der Waals surface area (Å²) in [6.45, 7) is 7.72. The van der Waals surface area contributed by atoms with Crippen molar-refractivity contribution in [1.82, 2.24) is 4.98 Å². The first-order chi connectivity index (χ1) is 8.31. The number of nitrogens with zero attached hydrogens (tertiary/aromatic N) is 1. The Bertz CT molecular complexity index is 418. The normalized spacial score (nSPS) is 11.4. The molecular weight excluding hydrogens is 298 g/mol. The quantitative estimate of drug-likeness (QED) is 0.783. The molecule has 4 nitrogen and oxygen atoms in total. The van der Waals surface area contributed by atoms with Crippen molar-refractivity contribution in [2.24, 2.45) is 5.92 Å². The molecule has 0 aliphatic carbocycles. The zero-order valence-electron chi connectivity index (χ0n) is 11.1. The summed E-state index contributed by atoms with van der Waals surface area (Å²) in [6.07, 6.45) is 3.21. The highest BCUT2D eigenvalue weighted by atomic mass is 79.9. The Morgan fingerprint density at radius 1 is 1.44 bits per heavy atom. The number of carbonyl (C=O) groups is 1. The summed E-state index contributed by atoms with van der Waals surface area (Å²) in [6, 6.07) is 1.75. The second kappa shape index (κ2) is 6.18. The lowest BCUT2D eigenvalue weighted by Gasteiger charge is -2.24. The van der Waals surface area contributed by atoms with Crippen molar-refractivity contribution in [2.75, 3.05) is 6.61 Å². The van der Waals surface area contributed by atoms with Crippen molar-refractivity contribution < 1.29 is 14.3 Å². The Labute approximate surface area is 116 Å². The van der Waals surface area contributed by atoms with Crippen LogP contribution in [0.5, 0.6) is 5.75 Å². The van der Waals surface area contributed by atoms with Crippen LogP contribution in [0.3, 0.4) is 0 Å². The number of ether oxygens (including phenoxy) is 2. The van der Waals surface area contributed by atoms with Crippen molar-refractivity contribution in [3.63, 3.8) is 0 Å². The molecule has 1 heterocycles. The molecule has 0 amide bonds. The zero-order chi connectivity index (χ0) is 13.8. The van der Waals surface area contributed by atoms with Gasteiger partial charge in [-0.1, -0.05) is 13.8 Å². The summed E-state index contributed by atoms with van der Waals surface area (Å²) in [5, 5.41) is 0. The third kappa shape index (κ3) is 4.64. The average molecular weight is 316 g/mol. The van der Waals surface area contributed by atoms with Crippen LogP contribution in [0, 0.1) is 5.92 Å². The van der Waals surface area contributed by atoms with E-state index in [1.807, 2.05) is 13.8 Å². The van der Waals surface area contributed by atoms with Gasteiger partial charge in [-0.05, 0) is 41.8 Å². The first kappa shape index (κ1) is 15.0. The van der Waals surface area contributed by atoms with Gasteiger partial charge in [0.05, 0.1) is 12.8 Å². The predicted molar refractivity (Wildman–Crippen MR) is 72.4 cm³/mol. The first-order valence-corrected chi connectivity index (χ1v) is 6.57. The average Bonchev–Trinajstić information content (AvgIpc) is 2.25. The molecule has 0 spiro atoms. The van der Waals surface area contributed by atoms with E-state index in [4.69, 9.17) is 9.47 Å². The van der Waals surface area contributed by atoms with E-state index in [1.54, 1.807) is 32.3 Å². The van der Waals surface area contributed by atoms with Gasteiger partial charge in [-0.2, -0.15) is 0 Å². The van der Waals surface area contributed by atoms with E-state index in [-0.39, 0.29) is 5.97 Å². The minimum atomic E-state index is -1.03. The summed E-state index contributed by atoms with van der Waals surface area (Å²) in [5.41, 5.74) is -1.03. The molecule has 1 aromatic heterocycles. The molecular formula is C13H18BrNO3. The van der Waals surface area contributed by atoms with Crippen LogP contribution in [0.15, 0.2) is 22.9 Å². The van der Waals surface area contributed by atoms with Crippen LogP contribution in [-0.4, -0.2) is 23.2 Å². The lowest BCUT2D eigenvalue weighted by atomic mass is 10.1. The van der Waals surface area contributed by atoms with Crippen molar-refractivity contribution in [2.45, 2.75) is 33.3 Å². The van der Waals surface area contributed by atoms with Crippen LogP contribution in [0.4, 0.5) is 0 Å². The fourth-order valence-corrected chi connectivity index (χ4v) is 1.54. The molecule has 0 saturated heterocycles. The largest absolute Gasteiger partial charge is 0.475 e. The minimum absolute atomic E-state index is 0.303. The maximum atomic E-state index is 11.9. The maximum absolute atomic E-state index is 11.9.